The van der Waals surface area contributed by atoms with Crippen molar-refractivity contribution in [3.63, 3.8) is 0 Å². The number of carbonyl (C=O) groups is 1. The Morgan fingerprint density at radius 2 is 1.32 bits per heavy atom. The minimum absolute atomic E-state index is 0.247. The van der Waals surface area contributed by atoms with Crippen LogP contribution >= 0.6 is 0 Å². The number of esters is 1. The normalized spacial score (nSPS) is 25.2. The Hall–Kier alpha value is -0.860. The van der Waals surface area contributed by atoms with E-state index in [4.69, 9.17) is 18.8 Å². The zero-order valence-corrected chi connectivity index (χ0v) is 22.9. The molecule has 0 aromatic rings. The SMILES string of the molecule is CCCCCCCCCCCCCCCC(=O)OCC(O)CO[C@H]1O[C@H](CS(=O)(=O)O)[C@@H](O)[C@H](O)[C@H]1O. The topological polar surface area (TPSA) is 180 Å². The molecule has 0 bridgehead atoms. The maximum atomic E-state index is 11.9. The first-order valence-corrected chi connectivity index (χ1v) is 15.3. The Kier molecular flexibility index (Phi) is 17.8. The average Bonchev–Trinajstić information content (AvgIpc) is 2.84. The van der Waals surface area contributed by atoms with Gasteiger partial charge < -0.3 is 34.6 Å². The Balaban J connectivity index is 2.10. The monoisotopic (exact) mass is 556 g/mol. The lowest BCUT2D eigenvalue weighted by atomic mass is 10.00. The summed E-state index contributed by atoms with van der Waals surface area (Å²) in [7, 11) is -4.53. The molecule has 0 spiro atoms. The van der Waals surface area contributed by atoms with Crippen molar-refractivity contribution >= 4 is 16.1 Å². The highest BCUT2D eigenvalue weighted by Crippen LogP contribution is 2.23. The third-order valence-corrected chi connectivity index (χ3v) is 7.17. The molecule has 0 saturated carbocycles. The van der Waals surface area contributed by atoms with Crippen LogP contribution < -0.4 is 0 Å². The summed E-state index contributed by atoms with van der Waals surface area (Å²) in [5.41, 5.74) is 0. The van der Waals surface area contributed by atoms with Crippen LogP contribution in [-0.4, -0.2) is 95.1 Å². The summed E-state index contributed by atoms with van der Waals surface area (Å²) in [6.45, 7) is 1.43. The van der Waals surface area contributed by atoms with Crippen LogP contribution in [-0.2, 0) is 29.1 Å². The third-order valence-electron chi connectivity index (χ3n) is 6.42. The van der Waals surface area contributed by atoms with Gasteiger partial charge in [-0.05, 0) is 6.42 Å². The van der Waals surface area contributed by atoms with Crippen LogP contribution in [0.4, 0.5) is 0 Å². The van der Waals surface area contributed by atoms with Crippen LogP contribution in [0.5, 0.6) is 0 Å². The van der Waals surface area contributed by atoms with E-state index in [1.54, 1.807) is 0 Å². The molecular weight excluding hydrogens is 508 g/mol. The maximum Gasteiger partial charge on any atom is 0.305 e. The Morgan fingerprint density at radius 3 is 1.84 bits per heavy atom. The molecule has 1 heterocycles. The molecular formula is C25H48O11S. The second-order valence-electron chi connectivity index (χ2n) is 9.93. The smallest absolute Gasteiger partial charge is 0.305 e. The Labute approximate surface area is 221 Å². The first-order valence-electron chi connectivity index (χ1n) is 13.6. The van der Waals surface area contributed by atoms with Gasteiger partial charge in [0.1, 0.15) is 42.9 Å². The van der Waals surface area contributed by atoms with E-state index in [1.165, 1.54) is 57.8 Å². The molecule has 0 radical (unpaired) electrons. The highest BCUT2D eigenvalue weighted by atomic mass is 32.2. The van der Waals surface area contributed by atoms with Crippen molar-refractivity contribution in [3.05, 3.63) is 0 Å². The maximum absolute atomic E-state index is 11.9. The molecule has 6 atom stereocenters. The summed E-state index contributed by atoms with van der Waals surface area (Å²) in [5, 5.41) is 39.7. The summed E-state index contributed by atoms with van der Waals surface area (Å²) in [6.07, 6.45) is 6.23. The van der Waals surface area contributed by atoms with Crippen molar-refractivity contribution in [1.82, 2.24) is 0 Å². The van der Waals surface area contributed by atoms with Gasteiger partial charge in [0, 0.05) is 6.42 Å². The number of aliphatic hydroxyl groups excluding tert-OH is 4. The number of hydrogen-bond acceptors (Lipinski definition) is 10. The van der Waals surface area contributed by atoms with Crippen LogP contribution in [0.15, 0.2) is 0 Å². The predicted molar refractivity (Wildman–Crippen MR) is 136 cm³/mol. The molecule has 0 aromatic heterocycles. The number of unbranched alkanes of at least 4 members (excludes halogenated alkanes) is 12. The summed E-state index contributed by atoms with van der Waals surface area (Å²) >= 11 is 0. The highest BCUT2D eigenvalue weighted by Gasteiger charge is 2.45. The van der Waals surface area contributed by atoms with Crippen LogP contribution in [0.3, 0.4) is 0 Å². The standard InChI is InChI=1S/C25H48O11S/c1-2-3-4-5-6-7-8-9-10-11-12-13-14-15-21(27)34-16-19(26)17-35-25-24(30)23(29)22(28)20(36-25)18-37(31,32)33/h19-20,22-26,28-30H,2-18H2,1H3,(H,31,32,33)/t19?,20-,22-,23+,24-,25+/m1/s1. The van der Waals surface area contributed by atoms with Gasteiger partial charge >= 0.3 is 5.97 Å². The second-order valence-corrected chi connectivity index (χ2v) is 11.4. The Morgan fingerprint density at radius 1 is 0.811 bits per heavy atom. The van der Waals surface area contributed by atoms with Crippen LogP contribution in [0.2, 0.25) is 0 Å². The third kappa shape index (κ3) is 16.0. The van der Waals surface area contributed by atoms with E-state index >= 15 is 0 Å². The summed E-state index contributed by atoms with van der Waals surface area (Å²) in [5.74, 6) is -1.46. The van der Waals surface area contributed by atoms with E-state index in [1.807, 2.05) is 0 Å². The number of ether oxygens (including phenoxy) is 3. The molecule has 37 heavy (non-hydrogen) atoms. The van der Waals surface area contributed by atoms with Crippen molar-refractivity contribution in [3.8, 4) is 0 Å². The molecule has 12 heteroatoms. The van der Waals surface area contributed by atoms with Gasteiger partial charge in [-0.1, -0.05) is 84.0 Å². The van der Waals surface area contributed by atoms with Crippen molar-refractivity contribution in [2.24, 2.45) is 0 Å². The largest absolute Gasteiger partial charge is 0.463 e. The summed E-state index contributed by atoms with van der Waals surface area (Å²) < 4.78 is 46.4. The first kappa shape index (κ1) is 34.2. The molecule has 1 fully saturated rings. The second kappa shape index (κ2) is 19.2. The van der Waals surface area contributed by atoms with Gasteiger partial charge in [-0.15, -0.1) is 0 Å². The predicted octanol–water partition coefficient (Wildman–Crippen LogP) is 2.08. The molecule has 1 aliphatic heterocycles. The fourth-order valence-electron chi connectivity index (χ4n) is 4.20. The van der Waals surface area contributed by atoms with Crippen LogP contribution in [0.1, 0.15) is 96.8 Å². The van der Waals surface area contributed by atoms with Crippen LogP contribution in [0, 0.1) is 0 Å². The van der Waals surface area contributed by atoms with Gasteiger partial charge in [0.05, 0.1) is 6.61 Å². The molecule has 1 aliphatic rings. The number of aliphatic hydroxyl groups is 4. The average molecular weight is 557 g/mol. The fraction of sp³-hybridized carbons (Fsp3) is 0.960. The van der Waals surface area contributed by atoms with Crippen molar-refractivity contribution in [2.75, 3.05) is 19.0 Å². The molecule has 11 nitrogen and oxygen atoms in total. The highest BCUT2D eigenvalue weighted by molar-refractivity contribution is 7.85. The summed E-state index contributed by atoms with van der Waals surface area (Å²) in [4.78, 5) is 11.9. The fourth-order valence-corrected chi connectivity index (χ4v) is 4.89. The molecule has 0 amide bonds. The minimum atomic E-state index is -4.53. The number of rotatable bonds is 21. The lowest BCUT2D eigenvalue weighted by Crippen LogP contribution is -2.60. The minimum Gasteiger partial charge on any atom is -0.463 e. The van der Waals surface area contributed by atoms with Gasteiger partial charge in [-0.25, -0.2) is 0 Å². The van der Waals surface area contributed by atoms with E-state index in [-0.39, 0.29) is 13.0 Å². The van der Waals surface area contributed by atoms with Gasteiger partial charge in [-0.2, -0.15) is 8.42 Å². The van der Waals surface area contributed by atoms with Gasteiger partial charge in [0.2, 0.25) is 0 Å². The van der Waals surface area contributed by atoms with E-state index in [9.17, 15) is 33.6 Å². The van der Waals surface area contributed by atoms with Crippen LogP contribution in [0.25, 0.3) is 0 Å². The molecule has 220 valence electrons. The molecule has 1 saturated heterocycles. The van der Waals surface area contributed by atoms with Gasteiger partial charge in [0.25, 0.3) is 10.1 Å². The number of carbonyl (C=O) groups excluding carboxylic acids is 1. The molecule has 1 unspecified atom stereocenters. The zero-order chi connectivity index (χ0) is 27.7. The van der Waals surface area contributed by atoms with E-state index in [0.29, 0.717) is 6.42 Å². The van der Waals surface area contributed by atoms with Gasteiger partial charge in [0.15, 0.2) is 6.29 Å². The van der Waals surface area contributed by atoms with Crippen molar-refractivity contribution < 1.29 is 52.4 Å². The molecule has 5 N–H and O–H groups in total. The lowest BCUT2D eigenvalue weighted by molar-refractivity contribution is -0.296. The number of hydrogen-bond donors (Lipinski definition) is 5. The van der Waals surface area contributed by atoms with Crippen molar-refractivity contribution in [2.45, 2.75) is 134 Å². The van der Waals surface area contributed by atoms with E-state index in [0.717, 1.165) is 19.3 Å². The first-order chi connectivity index (χ1) is 17.5. The summed E-state index contributed by atoms with van der Waals surface area (Å²) in [6, 6.07) is 0. The zero-order valence-electron chi connectivity index (χ0n) is 22.1. The molecule has 0 aliphatic carbocycles. The Bertz CT molecular complexity index is 703. The molecule has 0 aromatic carbocycles. The molecule has 1 rings (SSSR count). The lowest BCUT2D eigenvalue weighted by Gasteiger charge is -2.40. The van der Waals surface area contributed by atoms with Crippen molar-refractivity contribution in [1.29, 1.82) is 0 Å². The quantitative estimate of drug-likeness (QED) is 0.0793. The van der Waals surface area contributed by atoms with E-state index < -0.39 is 65.3 Å². The van der Waals surface area contributed by atoms with E-state index in [2.05, 4.69) is 6.92 Å². The van der Waals surface area contributed by atoms with Gasteiger partial charge in [-0.3, -0.25) is 9.35 Å².